The molecule has 2 aliphatic heterocycles. The van der Waals surface area contributed by atoms with Crippen LogP contribution < -0.4 is 0 Å². The highest BCUT2D eigenvalue weighted by Crippen LogP contribution is 2.51. The molecular formula is C16H24O3S. The van der Waals surface area contributed by atoms with Gasteiger partial charge in [-0.2, -0.15) is 0 Å². The van der Waals surface area contributed by atoms with E-state index in [2.05, 4.69) is 13.8 Å². The average molecular weight is 296 g/mol. The van der Waals surface area contributed by atoms with Gasteiger partial charge < -0.3 is 4.74 Å². The largest absolute Gasteiger partial charge is 0.493 e. The van der Waals surface area contributed by atoms with Crippen molar-refractivity contribution in [2.75, 3.05) is 0 Å². The maximum absolute atomic E-state index is 12.5. The van der Waals surface area contributed by atoms with Gasteiger partial charge in [0.25, 0.3) is 0 Å². The second-order valence-corrected chi connectivity index (χ2v) is 8.41. The molecule has 0 bridgehead atoms. The van der Waals surface area contributed by atoms with E-state index >= 15 is 0 Å². The van der Waals surface area contributed by atoms with Gasteiger partial charge in [0.15, 0.2) is 11.1 Å². The molecule has 7 atom stereocenters. The molecule has 0 aromatic carbocycles. The number of ether oxygens (including phenoxy) is 1. The van der Waals surface area contributed by atoms with Crippen LogP contribution in [-0.2, 0) is 20.0 Å². The Labute approximate surface area is 123 Å². The average Bonchev–Trinajstić information content (AvgIpc) is 2.77. The lowest BCUT2D eigenvalue weighted by molar-refractivity contribution is 0.0178. The van der Waals surface area contributed by atoms with Crippen molar-refractivity contribution < 1.29 is 13.1 Å². The van der Waals surface area contributed by atoms with Gasteiger partial charge >= 0.3 is 0 Å². The van der Waals surface area contributed by atoms with Crippen molar-refractivity contribution in [3.8, 4) is 0 Å². The van der Waals surface area contributed by atoms with Gasteiger partial charge in [-0.15, -0.1) is 0 Å². The quantitative estimate of drug-likeness (QED) is 0.686. The van der Waals surface area contributed by atoms with Crippen molar-refractivity contribution >= 4 is 11.1 Å². The first-order chi connectivity index (χ1) is 9.63. The van der Waals surface area contributed by atoms with Crippen molar-refractivity contribution in [2.24, 2.45) is 23.7 Å². The summed E-state index contributed by atoms with van der Waals surface area (Å²) in [5, 5.41) is 0. The third-order valence-corrected chi connectivity index (χ3v) is 6.98. The highest BCUT2D eigenvalue weighted by Gasteiger charge is 2.50. The zero-order valence-electron chi connectivity index (χ0n) is 12.3. The standard InChI is InChI=1S/C16H24O3S/c1-9-4-6-12-13(7-9)18-15-11-5-3-10(2)8-14(11)19-20(17)16(12)15/h9-14H,3-8H2,1-2H3. The zero-order chi connectivity index (χ0) is 13.9. The molecule has 0 N–H and O–H groups in total. The molecule has 4 heteroatoms. The fourth-order valence-electron chi connectivity index (χ4n) is 4.54. The fraction of sp³-hybridized carbons (Fsp3) is 0.875. The Morgan fingerprint density at radius 2 is 1.60 bits per heavy atom. The Hall–Kier alpha value is -0.350. The summed E-state index contributed by atoms with van der Waals surface area (Å²) in [5.41, 5.74) is 0. The normalized spacial score (nSPS) is 51.0. The van der Waals surface area contributed by atoms with E-state index in [1.807, 2.05) is 0 Å². The van der Waals surface area contributed by atoms with E-state index in [9.17, 15) is 4.21 Å². The molecule has 7 unspecified atom stereocenters. The summed E-state index contributed by atoms with van der Waals surface area (Å²) in [6, 6.07) is 0. The summed E-state index contributed by atoms with van der Waals surface area (Å²) in [5.74, 6) is 3.23. The van der Waals surface area contributed by atoms with Crippen LogP contribution in [0.1, 0.15) is 52.4 Å². The van der Waals surface area contributed by atoms with Crippen LogP contribution in [0.25, 0.3) is 0 Å². The Morgan fingerprint density at radius 1 is 0.950 bits per heavy atom. The van der Waals surface area contributed by atoms with Crippen LogP contribution in [0.2, 0.25) is 0 Å². The van der Waals surface area contributed by atoms with Crippen molar-refractivity contribution in [3.05, 3.63) is 10.7 Å². The van der Waals surface area contributed by atoms with E-state index < -0.39 is 11.1 Å². The Kier molecular flexibility index (Phi) is 3.22. The highest BCUT2D eigenvalue weighted by molar-refractivity contribution is 7.84. The maximum Gasteiger partial charge on any atom is 0.189 e. The molecule has 2 saturated carbocycles. The lowest BCUT2D eigenvalue weighted by Gasteiger charge is -2.37. The van der Waals surface area contributed by atoms with Gasteiger partial charge in [-0.1, -0.05) is 13.8 Å². The second-order valence-electron chi connectivity index (χ2n) is 7.30. The summed E-state index contributed by atoms with van der Waals surface area (Å²) in [4.78, 5) is 1.03. The number of rotatable bonds is 0. The summed E-state index contributed by atoms with van der Waals surface area (Å²) in [6.45, 7) is 4.57. The summed E-state index contributed by atoms with van der Waals surface area (Å²) < 4.78 is 24.7. The molecule has 0 spiro atoms. The van der Waals surface area contributed by atoms with Gasteiger partial charge in [0.05, 0.1) is 11.0 Å². The molecule has 4 rings (SSSR count). The van der Waals surface area contributed by atoms with Crippen molar-refractivity contribution in [3.63, 3.8) is 0 Å². The van der Waals surface area contributed by atoms with Crippen LogP contribution in [0, 0.1) is 23.7 Å². The second kappa shape index (κ2) is 4.84. The molecule has 2 aliphatic carbocycles. The number of hydrogen-bond acceptors (Lipinski definition) is 3. The smallest absolute Gasteiger partial charge is 0.189 e. The molecule has 0 aromatic rings. The van der Waals surface area contributed by atoms with Gasteiger partial charge in [0, 0.05) is 11.8 Å². The summed E-state index contributed by atoms with van der Waals surface area (Å²) in [7, 11) is 0. The van der Waals surface area contributed by atoms with Crippen molar-refractivity contribution in [1.82, 2.24) is 0 Å². The summed E-state index contributed by atoms with van der Waals surface area (Å²) in [6.07, 6.45) is 7.26. The van der Waals surface area contributed by atoms with Crippen LogP contribution >= 0.6 is 0 Å². The molecule has 0 saturated heterocycles. The van der Waals surface area contributed by atoms with E-state index in [4.69, 9.17) is 8.92 Å². The molecule has 2 heterocycles. The molecular weight excluding hydrogens is 272 g/mol. The molecule has 20 heavy (non-hydrogen) atoms. The third kappa shape index (κ3) is 1.98. The number of fused-ring (bicyclic) bond motifs is 4. The lowest BCUT2D eigenvalue weighted by atomic mass is 9.78. The van der Waals surface area contributed by atoms with Crippen LogP contribution in [0.3, 0.4) is 0 Å². The molecule has 3 nitrogen and oxygen atoms in total. The molecule has 0 amide bonds. The highest BCUT2D eigenvalue weighted by atomic mass is 32.2. The third-order valence-electron chi connectivity index (χ3n) is 5.69. The van der Waals surface area contributed by atoms with E-state index in [1.54, 1.807) is 0 Å². The Bertz CT molecular complexity index is 472. The molecule has 0 radical (unpaired) electrons. The van der Waals surface area contributed by atoms with Crippen LogP contribution in [0.15, 0.2) is 10.7 Å². The van der Waals surface area contributed by atoms with E-state index in [0.717, 1.165) is 42.3 Å². The molecule has 4 aliphatic rings. The van der Waals surface area contributed by atoms with Gasteiger partial charge in [0.1, 0.15) is 11.9 Å². The zero-order valence-corrected chi connectivity index (χ0v) is 13.2. The minimum absolute atomic E-state index is 0.121. The molecule has 0 aromatic heterocycles. The van der Waals surface area contributed by atoms with Gasteiger partial charge in [-0.3, -0.25) is 4.18 Å². The van der Waals surface area contributed by atoms with Crippen molar-refractivity contribution in [2.45, 2.75) is 64.6 Å². The van der Waals surface area contributed by atoms with Gasteiger partial charge in [0.2, 0.25) is 0 Å². The van der Waals surface area contributed by atoms with Gasteiger partial charge in [-0.25, -0.2) is 4.21 Å². The van der Waals surface area contributed by atoms with Crippen LogP contribution in [0.5, 0.6) is 0 Å². The SMILES string of the molecule is CC1CCC2C3=C(C4CCC(C)CC4O3)S(=O)OC2C1. The molecule has 112 valence electrons. The summed E-state index contributed by atoms with van der Waals surface area (Å²) >= 11 is -1.25. The first-order valence-corrected chi connectivity index (χ1v) is 9.20. The predicted octanol–water partition coefficient (Wildman–Crippen LogP) is 3.53. The van der Waals surface area contributed by atoms with Crippen LogP contribution in [-0.4, -0.2) is 16.4 Å². The minimum Gasteiger partial charge on any atom is -0.493 e. The van der Waals surface area contributed by atoms with E-state index in [-0.39, 0.29) is 12.2 Å². The first kappa shape index (κ1) is 13.3. The predicted molar refractivity (Wildman–Crippen MR) is 77.9 cm³/mol. The lowest BCUT2D eigenvalue weighted by Crippen LogP contribution is -2.37. The monoisotopic (exact) mass is 296 g/mol. The van der Waals surface area contributed by atoms with E-state index in [0.29, 0.717) is 17.8 Å². The first-order valence-electron chi connectivity index (χ1n) is 8.13. The molecule has 2 fully saturated rings. The maximum atomic E-state index is 12.5. The Balaban J connectivity index is 1.65. The Morgan fingerprint density at radius 3 is 2.35 bits per heavy atom. The van der Waals surface area contributed by atoms with E-state index in [1.165, 1.54) is 12.8 Å². The fourth-order valence-corrected chi connectivity index (χ4v) is 5.96. The minimum atomic E-state index is -1.25. The number of hydrogen-bond donors (Lipinski definition) is 0. The topological polar surface area (TPSA) is 35.5 Å². The van der Waals surface area contributed by atoms with Crippen LogP contribution in [0.4, 0.5) is 0 Å². The van der Waals surface area contributed by atoms with Crippen molar-refractivity contribution in [1.29, 1.82) is 0 Å². The van der Waals surface area contributed by atoms with Gasteiger partial charge in [-0.05, 0) is 50.4 Å².